The van der Waals surface area contributed by atoms with E-state index in [0.29, 0.717) is 6.73 Å². The van der Waals surface area contributed by atoms with Crippen LogP contribution < -0.4 is 5.19 Å². The van der Waals surface area contributed by atoms with E-state index in [1.165, 1.54) is 25.7 Å². The van der Waals surface area contributed by atoms with E-state index in [4.69, 9.17) is 13.3 Å². The number of hydrogen-bond acceptors (Lipinski definition) is 4. The molecule has 1 aromatic rings. The van der Waals surface area contributed by atoms with Crippen LogP contribution in [0.5, 0.6) is 0 Å². The van der Waals surface area contributed by atoms with Gasteiger partial charge >= 0.3 is 8.80 Å². The minimum absolute atomic E-state index is 0.558. The van der Waals surface area contributed by atoms with Crippen LogP contribution in [-0.4, -0.2) is 47.7 Å². The van der Waals surface area contributed by atoms with E-state index in [1.54, 1.807) is 14.2 Å². The smallest absolute Gasteiger partial charge is 0.373 e. The first-order valence-electron chi connectivity index (χ1n) is 8.24. The molecule has 0 saturated heterocycles. The Kier molecular flexibility index (Phi) is 9.59. The average Bonchev–Trinajstić information content (AvgIpc) is 2.58. The van der Waals surface area contributed by atoms with E-state index < -0.39 is 8.80 Å². The van der Waals surface area contributed by atoms with Gasteiger partial charge in [-0.1, -0.05) is 57.0 Å². The number of benzene rings is 1. The van der Waals surface area contributed by atoms with Gasteiger partial charge in [0.05, 0.1) is 6.73 Å². The monoisotopic (exact) mass is 325 g/mol. The Morgan fingerprint density at radius 3 is 1.91 bits per heavy atom. The highest BCUT2D eigenvalue weighted by atomic mass is 28.4. The van der Waals surface area contributed by atoms with Crippen LogP contribution in [0, 0.1) is 0 Å². The Bertz CT molecular complexity index is 377. The molecule has 1 rings (SSSR count). The molecule has 5 heteroatoms. The van der Waals surface area contributed by atoms with Gasteiger partial charge in [-0.05, 0) is 12.8 Å². The highest BCUT2D eigenvalue weighted by molar-refractivity contribution is 6.75. The normalized spacial score (nSPS) is 12.0. The van der Waals surface area contributed by atoms with Gasteiger partial charge in [-0.25, -0.2) is 0 Å². The quantitative estimate of drug-likeness (QED) is 0.437. The van der Waals surface area contributed by atoms with Crippen LogP contribution in [0.3, 0.4) is 0 Å². The molecule has 0 aliphatic carbocycles. The number of rotatable bonds is 12. The topological polar surface area (TPSA) is 30.9 Å². The average molecular weight is 326 g/mol. The van der Waals surface area contributed by atoms with Crippen LogP contribution in [-0.2, 0) is 13.3 Å². The fourth-order valence-electron chi connectivity index (χ4n) is 2.34. The van der Waals surface area contributed by atoms with Crippen LogP contribution in [0.4, 0.5) is 0 Å². The molecule has 0 fully saturated rings. The zero-order valence-corrected chi connectivity index (χ0v) is 15.5. The van der Waals surface area contributed by atoms with Crippen LogP contribution >= 0.6 is 0 Å². The molecule has 0 amide bonds. The van der Waals surface area contributed by atoms with Gasteiger partial charge < -0.3 is 13.3 Å². The minimum Gasteiger partial charge on any atom is -0.373 e. The summed E-state index contributed by atoms with van der Waals surface area (Å²) in [5, 5.41) is 1.01. The van der Waals surface area contributed by atoms with Crippen molar-refractivity contribution in [2.45, 2.75) is 39.5 Å². The van der Waals surface area contributed by atoms with Gasteiger partial charge in [-0.15, -0.1) is 0 Å². The summed E-state index contributed by atoms with van der Waals surface area (Å²) in [6, 6.07) is 10.0. The third-order valence-electron chi connectivity index (χ3n) is 3.76. The second-order valence-corrected chi connectivity index (χ2v) is 8.22. The molecule has 0 aromatic heterocycles. The predicted molar refractivity (Wildman–Crippen MR) is 93.2 cm³/mol. The lowest BCUT2D eigenvalue weighted by atomic mass is 10.3. The maximum atomic E-state index is 6.19. The standard InChI is InChI=1S/C17H31NO3Si/c1-5-7-14-18(15-8-6-2)16-21-22(19-3,20-4)17-12-10-9-11-13-17/h9-13H,5-8,14-16H2,1-4H3. The fourth-order valence-corrected chi connectivity index (χ4v) is 4.34. The summed E-state index contributed by atoms with van der Waals surface area (Å²) in [6.07, 6.45) is 4.76. The zero-order valence-electron chi connectivity index (χ0n) is 14.5. The first-order chi connectivity index (χ1) is 10.7. The summed E-state index contributed by atoms with van der Waals surface area (Å²) < 4.78 is 17.6. The van der Waals surface area contributed by atoms with E-state index in [2.05, 4.69) is 18.7 Å². The third kappa shape index (κ3) is 5.82. The molecule has 0 spiro atoms. The number of nitrogens with zero attached hydrogens (tertiary/aromatic N) is 1. The summed E-state index contributed by atoms with van der Waals surface area (Å²) in [4.78, 5) is 2.36. The van der Waals surface area contributed by atoms with Crippen LogP contribution in [0.25, 0.3) is 0 Å². The maximum Gasteiger partial charge on any atom is 0.537 e. The maximum absolute atomic E-state index is 6.19. The molecule has 126 valence electrons. The Hall–Kier alpha value is -0.723. The summed E-state index contributed by atoms with van der Waals surface area (Å²) in [5.41, 5.74) is 0. The van der Waals surface area contributed by atoms with Crippen molar-refractivity contribution in [2.75, 3.05) is 34.0 Å². The lowest BCUT2D eigenvalue weighted by Crippen LogP contribution is -2.56. The second-order valence-electron chi connectivity index (χ2n) is 5.43. The highest BCUT2D eigenvalue weighted by Gasteiger charge is 2.42. The van der Waals surface area contributed by atoms with Crippen molar-refractivity contribution in [3.8, 4) is 0 Å². The van der Waals surface area contributed by atoms with Crippen molar-refractivity contribution < 1.29 is 13.3 Å². The van der Waals surface area contributed by atoms with Crippen molar-refractivity contribution in [2.24, 2.45) is 0 Å². The lowest BCUT2D eigenvalue weighted by molar-refractivity contribution is 0.0454. The van der Waals surface area contributed by atoms with E-state index in [0.717, 1.165) is 18.3 Å². The number of unbranched alkanes of at least 4 members (excludes halogenated alkanes) is 2. The van der Waals surface area contributed by atoms with Crippen LogP contribution in [0.1, 0.15) is 39.5 Å². The molecule has 0 bridgehead atoms. The van der Waals surface area contributed by atoms with Gasteiger partial charge in [-0.2, -0.15) is 0 Å². The minimum atomic E-state index is -2.80. The Labute approximate surface area is 136 Å². The molecule has 0 saturated carbocycles. The van der Waals surface area contributed by atoms with Gasteiger partial charge in [-0.3, -0.25) is 4.90 Å². The van der Waals surface area contributed by atoms with E-state index in [-0.39, 0.29) is 0 Å². The molecule has 4 nitrogen and oxygen atoms in total. The highest BCUT2D eigenvalue weighted by Crippen LogP contribution is 2.10. The largest absolute Gasteiger partial charge is 0.537 e. The first-order valence-corrected chi connectivity index (χ1v) is 9.97. The van der Waals surface area contributed by atoms with E-state index in [9.17, 15) is 0 Å². The molecule has 0 heterocycles. The molecule has 0 radical (unpaired) electrons. The summed E-state index contributed by atoms with van der Waals surface area (Å²) >= 11 is 0. The van der Waals surface area contributed by atoms with Crippen molar-refractivity contribution in [3.05, 3.63) is 30.3 Å². The molecule has 0 unspecified atom stereocenters. The molecule has 1 aromatic carbocycles. The summed E-state index contributed by atoms with van der Waals surface area (Å²) in [7, 11) is 0.541. The number of hydrogen-bond donors (Lipinski definition) is 0. The molecule has 0 aliphatic heterocycles. The molecule has 0 atom stereocenters. The lowest BCUT2D eigenvalue weighted by Gasteiger charge is -2.30. The summed E-state index contributed by atoms with van der Waals surface area (Å²) in [6.45, 7) is 7.10. The Morgan fingerprint density at radius 2 is 1.45 bits per heavy atom. The predicted octanol–water partition coefficient (Wildman–Crippen LogP) is 3.00. The SMILES string of the molecule is CCCCN(CCCC)CO[Si](OC)(OC)c1ccccc1. The first kappa shape index (κ1) is 19.3. The van der Waals surface area contributed by atoms with Crippen molar-refractivity contribution in [1.82, 2.24) is 4.90 Å². The summed E-state index contributed by atoms with van der Waals surface area (Å²) in [5.74, 6) is 0. The van der Waals surface area contributed by atoms with Crippen molar-refractivity contribution >= 4 is 14.0 Å². The third-order valence-corrected chi connectivity index (χ3v) is 6.38. The van der Waals surface area contributed by atoms with Gasteiger partial charge in [0.25, 0.3) is 0 Å². The Balaban J connectivity index is 2.72. The van der Waals surface area contributed by atoms with Crippen LogP contribution in [0.15, 0.2) is 30.3 Å². The molecular weight excluding hydrogens is 294 g/mol. The van der Waals surface area contributed by atoms with Gasteiger partial charge in [0.1, 0.15) is 0 Å². The second kappa shape index (κ2) is 10.9. The zero-order chi connectivity index (χ0) is 16.3. The Morgan fingerprint density at radius 1 is 0.909 bits per heavy atom. The van der Waals surface area contributed by atoms with E-state index in [1.807, 2.05) is 30.3 Å². The molecule has 22 heavy (non-hydrogen) atoms. The molecule has 0 N–H and O–H groups in total. The van der Waals surface area contributed by atoms with Gasteiger partial charge in [0, 0.05) is 32.5 Å². The van der Waals surface area contributed by atoms with E-state index >= 15 is 0 Å². The molecular formula is C17H31NO3Si. The molecule has 0 aliphatic rings. The van der Waals surface area contributed by atoms with Crippen molar-refractivity contribution in [1.29, 1.82) is 0 Å². The fraction of sp³-hybridized carbons (Fsp3) is 0.647. The van der Waals surface area contributed by atoms with Crippen molar-refractivity contribution in [3.63, 3.8) is 0 Å². The van der Waals surface area contributed by atoms with Gasteiger partial charge in [0.15, 0.2) is 0 Å². The van der Waals surface area contributed by atoms with Gasteiger partial charge in [0.2, 0.25) is 0 Å². The van der Waals surface area contributed by atoms with Crippen LogP contribution in [0.2, 0.25) is 0 Å².